The predicted octanol–water partition coefficient (Wildman–Crippen LogP) is 1.04. The first kappa shape index (κ1) is 22.8. The molecule has 3 rings (SSSR count). The van der Waals surface area contributed by atoms with Gasteiger partial charge in [0.2, 0.25) is 15.8 Å². The van der Waals surface area contributed by atoms with E-state index in [9.17, 15) is 22.8 Å². The molecular weight excluding hydrogens is 422 g/mol. The highest BCUT2D eigenvalue weighted by molar-refractivity contribution is 7.89. The number of rotatable bonds is 7. The first-order chi connectivity index (χ1) is 14.7. The number of benzene rings is 1. The Balaban J connectivity index is 1.82. The summed E-state index contributed by atoms with van der Waals surface area (Å²) < 4.78 is 33.2. The van der Waals surface area contributed by atoms with Gasteiger partial charge in [0.1, 0.15) is 5.76 Å². The van der Waals surface area contributed by atoms with Gasteiger partial charge in [-0.2, -0.15) is 0 Å². The van der Waals surface area contributed by atoms with Crippen LogP contribution in [0.3, 0.4) is 0 Å². The van der Waals surface area contributed by atoms with Crippen molar-refractivity contribution in [1.29, 1.82) is 0 Å². The summed E-state index contributed by atoms with van der Waals surface area (Å²) in [5.41, 5.74) is 0.522. The number of ketones is 2. The number of Topliss-reactive ketones (excluding diaryl/α,β-unsaturated/α-hetero) is 2. The van der Waals surface area contributed by atoms with Gasteiger partial charge in [0.25, 0.3) is 5.91 Å². The molecule has 31 heavy (non-hydrogen) atoms. The molecule has 0 saturated heterocycles. The molecule has 1 amide bonds. The molecule has 9 nitrogen and oxygen atoms in total. The molecule has 1 aromatic carbocycles. The van der Waals surface area contributed by atoms with Crippen LogP contribution in [-0.4, -0.2) is 43.5 Å². The van der Waals surface area contributed by atoms with E-state index in [0.717, 1.165) is 0 Å². The van der Waals surface area contributed by atoms with E-state index in [4.69, 9.17) is 4.42 Å². The lowest BCUT2D eigenvalue weighted by molar-refractivity contribution is -0.141. The molecule has 0 saturated carbocycles. The van der Waals surface area contributed by atoms with E-state index in [2.05, 4.69) is 15.0 Å². The molecule has 2 atom stereocenters. The van der Waals surface area contributed by atoms with Crippen LogP contribution < -0.4 is 10.0 Å². The standard InChI is InChI=1S/C21H25N3O6S/c1-13(2)19(24-31(28,29)15-6-4-3-5-7-15)17(25)11-14-10-16-18(30-12-23-16)8-9-22-21(27)20(14)26/h3-7,12-14,19,24H,8-11H2,1-2H3,(H,22,27). The monoisotopic (exact) mass is 447 g/mol. The Labute approximate surface area is 180 Å². The second-order valence-electron chi connectivity index (χ2n) is 7.82. The van der Waals surface area contributed by atoms with E-state index in [0.29, 0.717) is 17.9 Å². The van der Waals surface area contributed by atoms with Gasteiger partial charge in [0.15, 0.2) is 12.2 Å². The van der Waals surface area contributed by atoms with Crippen LogP contribution in [0.1, 0.15) is 31.7 Å². The minimum atomic E-state index is -3.94. The molecule has 166 valence electrons. The first-order valence-electron chi connectivity index (χ1n) is 10.0. The molecule has 1 aromatic heterocycles. The van der Waals surface area contributed by atoms with Gasteiger partial charge >= 0.3 is 0 Å². The summed E-state index contributed by atoms with van der Waals surface area (Å²) in [4.78, 5) is 42.1. The van der Waals surface area contributed by atoms with Crippen molar-refractivity contribution >= 4 is 27.5 Å². The molecular formula is C21H25N3O6S. The predicted molar refractivity (Wildman–Crippen MR) is 110 cm³/mol. The van der Waals surface area contributed by atoms with Gasteiger partial charge in [-0.3, -0.25) is 14.4 Å². The normalized spacial score (nSPS) is 18.5. The van der Waals surface area contributed by atoms with Crippen molar-refractivity contribution in [2.45, 2.75) is 44.0 Å². The minimum absolute atomic E-state index is 0.0404. The third kappa shape index (κ3) is 5.45. The van der Waals surface area contributed by atoms with E-state index in [1.807, 2.05) is 0 Å². The maximum Gasteiger partial charge on any atom is 0.287 e. The summed E-state index contributed by atoms with van der Waals surface area (Å²) in [6.07, 6.45) is 1.43. The highest BCUT2D eigenvalue weighted by atomic mass is 32.2. The molecule has 2 unspecified atom stereocenters. The van der Waals surface area contributed by atoms with E-state index >= 15 is 0 Å². The van der Waals surface area contributed by atoms with Gasteiger partial charge in [-0.05, 0) is 18.1 Å². The van der Waals surface area contributed by atoms with Crippen LogP contribution >= 0.6 is 0 Å². The van der Waals surface area contributed by atoms with Crippen LogP contribution in [0.25, 0.3) is 0 Å². The van der Waals surface area contributed by atoms with Gasteiger partial charge in [-0.1, -0.05) is 32.0 Å². The van der Waals surface area contributed by atoms with E-state index in [1.165, 1.54) is 18.5 Å². The average Bonchev–Trinajstić information content (AvgIpc) is 3.18. The zero-order valence-corrected chi connectivity index (χ0v) is 18.1. The van der Waals surface area contributed by atoms with Gasteiger partial charge in [0, 0.05) is 31.7 Å². The molecule has 0 aliphatic carbocycles. The number of hydrogen-bond donors (Lipinski definition) is 2. The Bertz CT molecular complexity index is 1060. The first-order valence-corrected chi connectivity index (χ1v) is 11.5. The number of aromatic nitrogens is 1. The van der Waals surface area contributed by atoms with Crippen molar-refractivity contribution < 1.29 is 27.2 Å². The number of carbonyl (C=O) groups is 3. The molecule has 2 heterocycles. The van der Waals surface area contributed by atoms with Gasteiger partial charge in [0.05, 0.1) is 16.6 Å². The van der Waals surface area contributed by atoms with Crippen LogP contribution in [0.4, 0.5) is 0 Å². The van der Waals surface area contributed by atoms with Crippen LogP contribution in [0.2, 0.25) is 0 Å². The van der Waals surface area contributed by atoms with E-state index in [-0.39, 0.29) is 30.2 Å². The van der Waals surface area contributed by atoms with E-state index in [1.54, 1.807) is 32.0 Å². The summed E-state index contributed by atoms with van der Waals surface area (Å²) in [7, 11) is -3.94. The highest BCUT2D eigenvalue weighted by Gasteiger charge is 2.35. The molecule has 10 heteroatoms. The fourth-order valence-electron chi connectivity index (χ4n) is 3.49. The summed E-state index contributed by atoms with van der Waals surface area (Å²) in [6, 6.07) is 6.68. The van der Waals surface area contributed by atoms with Crippen molar-refractivity contribution in [1.82, 2.24) is 15.0 Å². The lowest BCUT2D eigenvalue weighted by atomic mass is 9.87. The molecule has 0 spiro atoms. The molecule has 0 fully saturated rings. The average molecular weight is 448 g/mol. The van der Waals surface area contributed by atoms with Crippen molar-refractivity contribution in [2.24, 2.45) is 11.8 Å². The van der Waals surface area contributed by atoms with Crippen LogP contribution in [0, 0.1) is 11.8 Å². The lowest BCUT2D eigenvalue weighted by Crippen LogP contribution is -2.46. The van der Waals surface area contributed by atoms with Crippen molar-refractivity contribution in [2.75, 3.05) is 6.54 Å². The zero-order chi connectivity index (χ0) is 22.6. The summed E-state index contributed by atoms with van der Waals surface area (Å²) >= 11 is 0. The smallest absolute Gasteiger partial charge is 0.287 e. The summed E-state index contributed by atoms with van der Waals surface area (Å²) in [5, 5.41) is 2.52. The lowest BCUT2D eigenvalue weighted by Gasteiger charge is -2.23. The van der Waals surface area contributed by atoms with Gasteiger partial charge < -0.3 is 9.73 Å². The van der Waals surface area contributed by atoms with Crippen LogP contribution in [0.5, 0.6) is 0 Å². The largest absolute Gasteiger partial charge is 0.448 e. The fraction of sp³-hybridized carbons (Fsp3) is 0.429. The summed E-state index contributed by atoms with van der Waals surface area (Å²) in [5.74, 6) is -2.74. The number of nitrogens with zero attached hydrogens (tertiary/aromatic N) is 1. The maximum absolute atomic E-state index is 13.1. The molecule has 2 N–H and O–H groups in total. The Morgan fingerprint density at radius 3 is 2.65 bits per heavy atom. The highest BCUT2D eigenvalue weighted by Crippen LogP contribution is 2.21. The quantitative estimate of drug-likeness (QED) is 0.605. The van der Waals surface area contributed by atoms with Crippen molar-refractivity contribution in [3.8, 4) is 0 Å². The number of hydrogen-bond acceptors (Lipinski definition) is 7. The minimum Gasteiger partial charge on any atom is -0.448 e. The number of nitrogens with one attached hydrogen (secondary N) is 2. The second kappa shape index (κ2) is 9.52. The molecule has 2 aromatic rings. The Morgan fingerprint density at radius 2 is 1.97 bits per heavy atom. The van der Waals surface area contributed by atoms with Crippen molar-refractivity contribution in [3.63, 3.8) is 0 Å². The van der Waals surface area contributed by atoms with Crippen LogP contribution in [-0.2, 0) is 37.2 Å². The van der Waals surface area contributed by atoms with Crippen molar-refractivity contribution in [3.05, 3.63) is 48.2 Å². The Hall–Kier alpha value is -2.85. The molecule has 1 aliphatic rings. The van der Waals surface area contributed by atoms with E-state index < -0.39 is 39.5 Å². The maximum atomic E-state index is 13.1. The number of sulfonamides is 1. The number of carbonyl (C=O) groups excluding carboxylic acids is 3. The third-order valence-corrected chi connectivity index (χ3v) is 6.65. The molecule has 1 aliphatic heterocycles. The van der Waals surface area contributed by atoms with Crippen LogP contribution in [0.15, 0.2) is 46.0 Å². The van der Waals surface area contributed by atoms with Gasteiger partial charge in [-0.15, -0.1) is 0 Å². The van der Waals surface area contributed by atoms with Gasteiger partial charge in [-0.25, -0.2) is 18.1 Å². The zero-order valence-electron chi connectivity index (χ0n) is 17.3. The Kier molecular flexibility index (Phi) is 7.01. The SMILES string of the molecule is CC(C)C(NS(=O)(=O)c1ccccc1)C(=O)CC1Cc2ncoc2CCNC(=O)C1=O. The third-order valence-electron chi connectivity index (χ3n) is 5.19. The number of amides is 1. The fourth-order valence-corrected chi connectivity index (χ4v) is 4.88. The second-order valence-corrected chi connectivity index (χ2v) is 9.53. The molecule has 0 radical (unpaired) electrons. The summed E-state index contributed by atoms with van der Waals surface area (Å²) in [6.45, 7) is 3.64. The number of oxazole rings is 1. The topological polar surface area (TPSA) is 135 Å². The Morgan fingerprint density at radius 1 is 1.26 bits per heavy atom. The molecule has 0 bridgehead atoms. The number of fused-ring (bicyclic) bond motifs is 1.